The van der Waals surface area contributed by atoms with Crippen LogP contribution in [-0.2, 0) is 17.8 Å². The Morgan fingerprint density at radius 3 is 2.52 bits per heavy atom. The number of amides is 1. The van der Waals surface area contributed by atoms with Crippen molar-refractivity contribution in [3.8, 4) is 17.6 Å². The number of para-hydroxylation sites is 1. The van der Waals surface area contributed by atoms with Gasteiger partial charge in [-0.05, 0) is 47.9 Å². The van der Waals surface area contributed by atoms with E-state index in [1.807, 2.05) is 61.5 Å². The quantitative estimate of drug-likeness (QED) is 0.259. The molecule has 1 amide bonds. The van der Waals surface area contributed by atoms with Crippen molar-refractivity contribution in [1.82, 2.24) is 0 Å². The molecule has 0 aromatic heterocycles. The van der Waals surface area contributed by atoms with E-state index in [-0.39, 0.29) is 12.2 Å². The normalized spacial score (nSPS) is 10.9. The molecule has 0 radical (unpaired) electrons. The predicted octanol–water partition coefficient (Wildman–Crippen LogP) is 6.80. The third-order valence-electron chi connectivity index (χ3n) is 4.90. The van der Waals surface area contributed by atoms with Gasteiger partial charge in [0.05, 0.1) is 12.1 Å². The number of rotatable bonds is 8. The molecule has 5 nitrogen and oxygen atoms in total. The Hall–Kier alpha value is -3.27. The van der Waals surface area contributed by atoms with Crippen LogP contribution in [0.1, 0.15) is 23.6 Å². The largest absolute Gasteiger partial charge is 0.493 e. The lowest BCUT2D eigenvalue weighted by atomic mass is 10.1. The van der Waals surface area contributed by atoms with Gasteiger partial charge in [0.25, 0.3) is 5.91 Å². The van der Waals surface area contributed by atoms with E-state index < -0.39 is 5.91 Å². The molecule has 3 aromatic rings. The van der Waals surface area contributed by atoms with Crippen molar-refractivity contribution in [2.24, 2.45) is 0 Å². The molecule has 0 aliphatic carbocycles. The van der Waals surface area contributed by atoms with Gasteiger partial charge in [-0.15, -0.1) is 0 Å². The summed E-state index contributed by atoms with van der Waals surface area (Å²) in [6, 6.07) is 20.5. The van der Waals surface area contributed by atoms with E-state index in [9.17, 15) is 10.1 Å². The van der Waals surface area contributed by atoms with E-state index in [0.29, 0.717) is 27.8 Å². The number of carbonyl (C=O) groups is 1. The molecule has 3 aromatic carbocycles. The SMILES string of the molecule is CCc1ccccc1NC(=O)/C(C#N)=C/c1cc(Cl)c(OCc2ccccc2Br)c(OC)c1. The van der Waals surface area contributed by atoms with E-state index >= 15 is 0 Å². The first-order valence-corrected chi connectivity index (χ1v) is 11.4. The van der Waals surface area contributed by atoms with Crippen molar-refractivity contribution in [3.05, 3.63) is 92.4 Å². The second-order valence-electron chi connectivity index (χ2n) is 7.05. The highest BCUT2D eigenvalue weighted by Gasteiger charge is 2.15. The van der Waals surface area contributed by atoms with Gasteiger partial charge in [0.2, 0.25) is 0 Å². The minimum Gasteiger partial charge on any atom is -0.493 e. The maximum atomic E-state index is 12.7. The van der Waals surface area contributed by atoms with E-state index in [0.717, 1.165) is 22.0 Å². The maximum absolute atomic E-state index is 12.7. The first-order valence-electron chi connectivity index (χ1n) is 10.2. The first kappa shape index (κ1) is 24.4. The van der Waals surface area contributed by atoms with Crippen LogP contribution in [0.15, 0.2) is 70.7 Å². The lowest BCUT2D eigenvalue weighted by Gasteiger charge is -2.14. The van der Waals surface area contributed by atoms with Gasteiger partial charge < -0.3 is 14.8 Å². The van der Waals surface area contributed by atoms with Crippen molar-refractivity contribution in [1.29, 1.82) is 5.26 Å². The van der Waals surface area contributed by atoms with E-state index in [2.05, 4.69) is 21.2 Å². The number of methoxy groups -OCH3 is 1. The predicted molar refractivity (Wildman–Crippen MR) is 135 cm³/mol. The Kier molecular flexibility index (Phi) is 8.53. The number of nitrogens with zero attached hydrogens (tertiary/aromatic N) is 1. The number of benzene rings is 3. The third-order valence-corrected chi connectivity index (χ3v) is 5.96. The molecule has 0 heterocycles. The molecule has 0 aliphatic rings. The second kappa shape index (κ2) is 11.6. The maximum Gasteiger partial charge on any atom is 0.266 e. The number of ether oxygens (including phenoxy) is 2. The molecule has 0 atom stereocenters. The molecule has 7 heteroatoms. The van der Waals surface area contributed by atoms with Crippen molar-refractivity contribution in [2.75, 3.05) is 12.4 Å². The summed E-state index contributed by atoms with van der Waals surface area (Å²) in [6.07, 6.45) is 2.23. The van der Waals surface area contributed by atoms with Gasteiger partial charge in [-0.3, -0.25) is 4.79 Å². The summed E-state index contributed by atoms with van der Waals surface area (Å²) in [4.78, 5) is 12.7. The highest BCUT2D eigenvalue weighted by atomic mass is 79.9. The van der Waals surface area contributed by atoms with Crippen molar-refractivity contribution in [2.45, 2.75) is 20.0 Å². The molecule has 0 spiro atoms. The van der Waals surface area contributed by atoms with Crippen molar-refractivity contribution < 1.29 is 14.3 Å². The summed E-state index contributed by atoms with van der Waals surface area (Å²) in [6.45, 7) is 2.29. The van der Waals surface area contributed by atoms with Gasteiger partial charge in [0.1, 0.15) is 18.2 Å². The second-order valence-corrected chi connectivity index (χ2v) is 8.31. The zero-order valence-electron chi connectivity index (χ0n) is 18.2. The third kappa shape index (κ3) is 6.16. The summed E-state index contributed by atoms with van der Waals surface area (Å²) in [5, 5.41) is 12.7. The fraction of sp³-hybridized carbons (Fsp3) is 0.154. The molecule has 33 heavy (non-hydrogen) atoms. The van der Waals surface area contributed by atoms with Gasteiger partial charge in [-0.25, -0.2) is 0 Å². The number of carbonyl (C=O) groups excluding carboxylic acids is 1. The molecule has 0 fully saturated rings. The van der Waals surface area contributed by atoms with Crippen LogP contribution in [0.2, 0.25) is 5.02 Å². The van der Waals surface area contributed by atoms with Gasteiger partial charge in [0.15, 0.2) is 11.5 Å². The number of anilines is 1. The standard InChI is InChI=1S/C26H22BrClN2O3/c1-3-18-8-5-7-11-23(18)30-26(31)20(15-29)12-17-13-22(28)25(24(14-17)32-2)33-16-19-9-4-6-10-21(19)27/h4-14H,3,16H2,1-2H3,(H,30,31)/b20-12+. The molecule has 0 unspecified atom stereocenters. The van der Waals surface area contributed by atoms with Crippen molar-refractivity contribution in [3.63, 3.8) is 0 Å². The number of hydrogen-bond acceptors (Lipinski definition) is 4. The summed E-state index contributed by atoms with van der Waals surface area (Å²) in [7, 11) is 1.50. The number of aryl methyl sites for hydroxylation is 1. The minimum absolute atomic E-state index is 0.0547. The lowest BCUT2D eigenvalue weighted by molar-refractivity contribution is -0.112. The molecular formula is C26H22BrClN2O3. The van der Waals surface area contributed by atoms with Crippen LogP contribution in [0.25, 0.3) is 6.08 Å². The summed E-state index contributed by atoms with van der Waals surface area (Å²) in [5.41, 5.74) is 3.11. The highest BCUT2D eigenvalue weighted by Crippen LogP contribution is 2.38. The molecule has 3 rings (SSSR count). The molecule has 168 valence electrons. The molecule has 0 saturated carbocycles. The zero-order chi connectivity index (χ0) is 23.8. The number of halogens is 2. The van der Waals surface area contributed by atoms with Crippen LogP contribution >= 0.6 is 27.5 Å². The van der Waals surface area contributed by atoms with E-state index in [1.54, 1.807) is 12.1 Å². The van der Waals surface area contributed by atoms with E-state index in [1.165, 1.54) is 13.2 Å². The zero-order valence-corrected chi connectivity index (χ0v) is 20.5. The average molecular weight is 526 g/mol. The van der Waals surface area contributed by atoms with Crippen LogP contribution in [0.3, 0.4) is 0 Å². The number of hydrogen-bond donors (Lipinski definition) is 1. The summed E-state index contributed by atoms with van der Waals surface area (Å²) < 4.78 is 12.3. The van der Waals surface area contributed by atoms with Crippen molar-refractivity contribution >= 4 is 45.2 Å². The van der Waals surface area contributed by atoms with Gasteiger partial charge >= 0.3 is 0 Å². The van der Waals surface area contributed by atoms with Crippen LogP contribution in [0.4, 0.5) is 5.69 Å². The van der Waals surface area contributed by atoms with Gasteiger partial charge in [-0.1, -0.05) is 70.9 Å². The fourth-order valence-corrected chi connectivity index (χ4v) is 3.86. The molecule has 0 bridgehead atoms. The number of nitrogens with one attached hydrogen (secondary N) is 1. The highest BCUT2D eigenvalue weighted by molar-refractivity contribution is 9.10. The lowest BCUT2D eigenvalue weighted by Crippen LogP contribution is -2.14. The molecular weight excluding hydrogens is 504 g/mol. The summed E-state index contributed by atoms with van der Waals surface area (Å²) >= 11 is 9.96. The smallest absolute Gasteiger partial charge is 0.266 e. The van der Waals surface area contributed by atoms with Crippen LogP contribution < -0.4 is 14.8 Å². The van der Waals surface area contributed by atoms with Crippen LogP contribution in [-0.4, -0.2) is 13.0 Å². The van der Waals surface area contributed by atoms with E-state index in [4.69, 9.17) is 21.1 Å². The molecule has 0 aliphatic heterocycles. The van der Waals surface area contributed by atoms with Gasteiger partial charge in [0, 0.05) is 15.7 Å². The Balaban J connectivity index is 1.84. The Bertz CT molecular complexity index is 1230. The topological polar surface area (TPSA) is 71.4 Å². The van der Waals surface area contributed by atoms with Crippen LogP contribution in [0.5, 0.6) is 11.5 Å². The Morgan fingerprint density at radius 1 is 1.15 bits per heavy atom. The number of nitriles is 1. The molecule has 1 N–H and O–H groups in total. The minimum atomic E-state index is -0.497. The monoisotopic (exact) mass is 524 g/mol. The van der Waals surface area contributed by atoms with Gasteiger partial charge in [-0.2, -0.15) is 5.26 Å². The molecule has 0 saturated heterocycles. The Labute approximate surface area is 206 Å². The average Bonchev–Trinajstić information content (AvgIpc) is 2.82. The van der Waals surface area contributed by atoms with Crippen LogP contribution in [0, 0.1) is 11.3 Å². The first-order chi connectivity index (χ1) is 16.0. The fourth-order valence-electron chi connectivity index (χ4n) is 3.18. The Morgan fingerprint density at radius 2 is 1.85 bits per heavy atom. The summed E-state index contributed by atoms with van der Waals surface area (Å²) in [5.74, 6) is 0.282.